The first-order valence-corrected chi connectivity index (χ1v) is 12.7. The molecule has 4 heteroatoms. The van der Waals surface area contributed by atoms with Gasteiger partial charge in [0.25, 0.3) is 0 Å². The highest BCUT2D eigenvalue weighted by Crippen LogP contribution is 2.36. The van der Waals surface area contributed by atoms with Crippen LogP contribution in [-0.4, -0.2) is 57.4 Å². The molecule has 0 N–H and O–H groups in total. The molecule has 1 aliphatic heterocycles. The lowest BCUT2D eigenvalue weighted by atomic mass is 10.1. The highest BCUT2D eigenvalue weighted by molar-refractivity contribution is 6.74. The molecular weight excluding hydrogens is 324 g/mol. The smallest absolute Gasteiger partial charge is 0.191 e. The first kappa shape index (κ1) is 20.6. The molecule has 0 spiro atoms. The van der Waals surface area contributed by atoms with Crippen molar-refractivity contribution in [1.82, 2.24) is 9.80 Å². The van der Waals surface area contributed by atoms with Crippen LogP contribution in [0.5, 0.6) is 0 Å². The van der Waals surface area contributed by atoms with Crippen molar-refractivity contribution in [3.63, 3.8) is 0 Å². The van der Waals surface area contributed by atoms with Crippen molar-refractivity contribution in [3.8, 4) is 0 Å². The van der Waals surface area contributed by atoms with Crippen molar-refractivity contribution in [2.45, 2.75) is 52.4 Å². The molecule has 1 unspecified atom stereocenters. The lowest BCUT2D eigenvalue weighted by Gasteiger charge is -2.38. The van der Waals surface area contributed by atoms with Gasteiger partial charge in [-0.3, -0.25) is 4.90 Å². The molecule has 1 atom stereocenters. The Hall–Kier alpha value is -0.683. The van der Waals surface area contributed by atoms with Crippen molar-refractivity contribution in [1.29, 1.82) is 0 Å². The van der Waals surface area contributed by atoms with Crippen molar-refractivity contribution in [2.75, 3.05) is 39.3 Å². The van der Waals surface area contributed by atoms with Gasteiger partial charge in [0, 0.05) is 45.9 Å². The fourth-order valence-corrected chi connectivity index (χ4v) is 4.17. The molecule has 0 saturated carbocycles. The summed E-state index contributed by atoms with van der Waals surface area (Å²) in [7, 11) is -1.61. The number of rotatable bonds is 7. The SMILES string of the molecule is CC(CO[Si](C)(C)C(C)(C)C)CN1CCN(Cc2ccccc2)CC1. The molecule has 25 heavy (non-hydrogen) atoms. The zero-order valence-corrected chi connectivity index (χ0v) is 18.2. The van der Waals surface area contributed by atoms with Gasteiger partial charge in [-0.15, -0.1) is 0 Å². The van der Waals surface area contributed by atoms with Crippen LogP contribution in [-0.2, 0) is 11.0 Å². The van der Waals surface area contributed by atoms with Gasteiger partial charge in [0.05, 0.1) is 0 Å². The van der Waals surface area contributed by atoms with Gasteiger partial charge >= 0.3 is 0 Å². The van der Waals surface area contributed by atoms with Gasteiger partial charge in [-0.05, 0) is 29.6 Å². The van der Waals surface area contributed by atoms with E-state index >= 15 is 0 Å². The minimum Gasteiger partial charge on any atom is -0.417 e. The van der Waals surface area contributed by atoms with E-state index in [1.165, 1.54) is 31.7 Å². The van der Waals surface area contributed by atoms with Gasteiger partial charge in [-0.1, -0.05) is 58.0 Å². The maximum Gasteiger partial charge on any atom is 0.191 e. The van der Waals surface area contributed by atoms with Crippen LogP contribution >= 0.6 is 0 Å². The topological polar surface area (TPSA) is 15.7 Å². The standard InChI is InChI=1S/C21H38N2OSi/c1-19(18-24-25(5,6)21(2,3)4)16-22-12-14-23(15-13-22)17-20-10-8-7-9-11-20/h7-11,19H,12-18H2,1-6H3. The van der Waals surface area contributed by atoms with Gasteiger partial charge in [-0.25, -0.2) is 0 Å². The molecule has 2 rings (SSSR count). The summed E-state index contributed by atoms with van der Waals surface area (Å²) in [6.07, 6.45) is 0. The van der Waals surface area contributed by atoms with E-state index in [4.69, 9.17) is 4.43 Å². The van der Waals surface area contributed by atoms with Gasteiger partial charge in [-0.2, -0.15) is 0 Å². The summed E-state index contributed by atoms with van der Waals surface area (Å²) >= 11 is 0. The lowest BCUT2D eigenvalue weighted by molar-refractivity contribution is 0.102. The van der Waals surface area contributed by atoms with Crippen LogP contribution in [0.1, 0.15) is 33.3 Å². The molecule has 1 aromatic carbocycles. The Morgan fingerprint density at radius 1 is 1.00 bits per heavy atom. The first-order chi connectivity index (χ1) is 11.7. The van der Waals surface area contributed by atoms with Crippen LogP contribution < -0.4 is 0 Å². The number of piperazine rings is 1. The minimum absolute atomic E-state index is 0.301. The van der Waals surface area contributed by atoms with E-state index < -0.39 is 8.32 Å². The van der Waals surface area contributed by atoms with Crippen molar-refractivity contribution in [2.24, 2.45) is 5.92 Å². The molecule has 0 bridgehead atoms. The van der Waals surface area contributed by atoms with Crippen LogP contribution in [0.25, 0.3) is 0 Å². The Balaban J connectivity index is 1.69. The van der Waals surface area contributed by atoms with E-state index in [0.29, 0.717) is 11.0 Å². The Labute approximate surface area is 156 Å². The van der Waals surface area contributed by atoms with Gasteiger partial charge in [0.15, 0.2) is 8.32 Å². The van der Waals surface area contributed by atoms with Crippen molar-refractivity contribution >= 4 is 8.32 Å². The molecule has 0 aromatic heterocycles. The zero-order chi connectivity index (χ0) is 18.5. The molecule has 1 saturated heterocycles. The summed E-state index contributed by atoms with van der Waals surface area (Å²) in [6.45, 7) is 21.8. The third-order valence-corrected chi connectivity index (χ3v) is 10.3. The fourth-order valence-electron chi connectivity index (χ4n) is 3.03. The van der Waals surface area contributed by atoms with Gasteiger partial charge < -0.3 is 9.33 Å². The highest BCUT2D eigenvalue weighted by Gasteiger charge is 2.37. The van der Waals surface area contributed by atoms with Crippen LogP contribution in [0, 0.1) is 5.92 Å². The van der Waals surface area contributed by atoms with Crippen molar-refractivity contribution in [3.05, 3.63) is 35.9 Å². The number of hydrogen-bond donors (Lipinski definition) is 0. The van der Waals surface area contributed by atoms with E-state index in [1.807, 2.05) is 0 Å². The largest absolute Gasteiger partial charge is 0.417 e. The molecule has 3 nitrogen and oxygen atoms in total. The molecule has 1 aliphatic rings. The van der Waals surface area contributed by atoms with Crippen LogP contribution in [0.3, 0.4) is 0 Å². The van der Waals surface area contributed by atoms with Crippen LogP contribution in [0.4, 0.5) is 0 Å². The van der Waals surface area contributed by atoms with E-state index in [-0.39, 0.29) is 0 Å². The normalized spacial score (nSPS) is 19.1. The van der Waals surface area contributed by atoms with Crippen LogP contribution in [0.15, 0.2) is 30.3 Å². The Bertz CT molecular complexity index is 504. The average molecular weight is 363 g/mol. The summed E-state index contributed by atoms with van der Waals surface area (Å²) in [6, 6.07) is 10.8. The number of benzene rings is 1. The summed E-state index contributed by atoms with van der Waals surface area (Å²) in [5, 5.41) is 0.301. The molecule has 1 heterocycles. The van der Waals surface area contributed by atoms with E-state index in [0.717, 1.165) is 19.7 Å². The predicted octanol–water partition coefficient (Wildman–Crippen LogP) is 4.46. The minimum atomic E-state index is -1.61. The summed E-state index contributed by atoms with van der Waals surface area (Å²) in [5.74, 6) is 0.606. The fraction of sp³-hybridized carbons (Fsp3) is 0.714. The Morgan fingerprint density at radius 3 is 2.12 bits per heavy atom. The summed E-state index contributed by atoms with van der Waals surface area (Å²) in [5.41, 5.74) is 1.42. The first-order valence-electron chi connectivity index (χ1n) is 9.80. The number of nitrogens with zero attached hydrogens (tertiary/aromatic N) is 2. The molecule has 0 amide bonds. The maximum atomic E-state index is 6.40. The van der Waals surface area contributed by atoms with Crippen molar-refractivity contribution < 1.29 is 4.43 Å². The third-order valence-electron chi connectivity index (χ3n) is 5.82. The second-order valence-corrected chi connectivity index (χ2v) is 14.0. The zero-order valence-electron chi connectivity index (χ0n) is 17.2. The van der Waals surface area contributed by atoms with E-state index in [2.05, 4.69) is 80.9 Å². The molecule has 0 aliphatic carbocycles. The predicted molar refractivity (Wildman–Crippen MR) is 110 cm³/mol. The number of hydrogen-bond acceptors (Lipinski definition) is 3. The highest BCUT2D eigenvalue weighted by atomic mass is 28.4. The Kier molecular flexibility index (Phi) is 7.26. The second-order valence-electron chi connectivity index (χ2n) is 9.24. The van der Waals surface area contributed by atoms with Crippen LogP contribution in [0.2, 0.25) is 18.1 Å². The monoisotopic (exact) mass is 362 g/mol. The van der Waals surface area contributed by atoms with E-state index in [1.54, 1.807) is 0 Å². The molecule has 1 aromatic rings. The Morgan fingerprint density at radius 2 is 1.56 bits per heavy atom. The molecule has 142 valence electrons. The van der Waals surface area contributed by atoms with Gasteiger partial charge in [0.2, 0.25) is 0 Å². The van der Waals surface area contributed by atoms with Gasteiger partial charge in [0.1, 0.15) is 0 Å². The quantitative estimate of drug-likeness (QED) is 0.666. The summed E-state index contributed by atoms with van der Waals surface area (Å²) < 4.78 is 6.40. The molecular formula is C21H38N2OSi. The second kappa shape index (κ2) is 8.80. The third kappa shape index (κ3) is 6.52. The van der Waals surface area contributed by atoms with E-state index in [9.17, 15) is 0 Å². The average Bonchev–Trinajstić information content (AvgIpc) is 2.55. The lowest BCUT2D eigenvalue weighted by Crippen LogP contribution is -2.48. The summed E-state index contributed by atoms with van der Waals surface area (Å²) in [4.78, 5) is 5.18. The maximum absolute atomic E-state index is 6.40. The molecule has 1 fully saturated rings. The molecule has 0 radical (unpaired) electrons.